The van der Waals surface area contributed by atoms with Crippen LogP contribution in [0.25, 0.3) is 11.1 Å². The van der Waals surface area contributed by atoms with Gasteiger partial charge in [-0.25, -0.2) is 4.79 Å². The summed E-state index contributed by atoms with van der Waals surface area (Å²) in [5.74, 6) is -1.75. The van der Waals surface area contributed by atoms with Crippen molar-refractivity contribution in [2.24, 2.45) is 17.6 Å². The molecule has 198 valence electrons. The van der Waals surface area contributed by atoms with Crippen molar-refractivity contribution in [2.75, 3.05) is 13.2 Å². The van der Waals surface area contributed by atoms with Crippen LogP contribution in [0.5, 0.6) is 0 Å². The molecule has 1 aliphatic rings. The van der Waals surface area contributed by atoms with Crippen molar-refractivity contribution in [1.82, 2.24) is 10.6 Å². The Morgan fingerprint density at radius 3 is 2.11 bits per heavy atom. The number of benzene rings is 2. The smallest absolute Gasteiger partial charge is 0.407 e. The summed E-state index contributed by atoms with van der Waals surface area (Å²) in [7, 11) is 0. The number of amides is 3. The first-order chi connectivity index (χ1) is 17.7. The molecule has 8 nitrogen and oxygen atoms in total. The second-order valence-corrected chi connectivity index (χ2v) is 9.98. The van der Waals surface area contributed by atoms with Gasteiger partial charge in [-0.05, 0) is 41.0 Å². The van der Waals surface area contributed by atoms with Crippen molar-refractivity contribution in [3.05, 3.63) is 59.7 Å². The van der Waals surface area contributed by atoms with E-state index in [1.165, 1.54) is 0 Å². The molecule has 2 atom stereocenters. The van der Waals surface area contributed by atoms with Crippen LogP contribution in [0.15, 0.2) is 48.5 Å². The summed E-state index contributed by atoms with van der Waals surface area (Å²) in [5, 5.41) is 5.30. The molecule has 0 saturated carbocycles. The molecule has 0 aromatic heterocycles. The normalized spacial score (nSPS) is 13.8. The molecule has 3 rings (SSSR count). The molecule has 0 unspecified atom stereocenters. The van der Waals surface area contributed by atoms with Crippen LogP contribution >= 0.6 is 0 Å². The van der Waals surface area contributed by atoms with Crippen molar-refractivity contribution in [3.63, 3.8) is 0 Å². The Balaban J connectivity index is 1.62. The molecular formula is C29H37N3O5. The number of primary amides is 1. The van der Waals surface area contributed by atoms with Gasteiger partial charge in [-0.2, -0.15) is 0 Å². The maximum atomic E-state index is 13.0. The second-order valence-electron chi connectivity index (χ2n) is 9.98. The maximum absolute atomic E-state index is 13.0. The number of hydrogen-bond donors (Lipinski definition) is 3. The summed E-state index contributed by atoms with van der Waals surface area (Å²) in [5.41, 5.74) is 9.95. The Bertz CT molecular complexity index is 1080. The number of Topliss-reactive ketones (excluding diaryl/α,β-unsaturated/α-hetero) is 1. The summed E-state index contributed by atoms with van der Waals surface area (Å²) in [6.45, 7) is 5.74. The lowest BCUT2D eigenvalue weighted by atomic mass is 9.90. The second kappa shape index (κ2) is 13.0. The molecule has 0 aliphatic heterocycles. The molecule has 4 N–H and O–H groups in total. The average Bonchev–Trinajstić information content (AvgIpc) is 3.18. The standard InChI is InChI=1S/C29H37N3O5/c1-4-9-27(34)32-25(26(33)15-19(28(30)35)14-18(2)3)16-31-29(36)37-17-24-22-12-7-5-10-20(22)21-11-6-8-13-23(21)24/h5-8,10-13,18-19,24-25H,4,9,14-17H2,1-3H3,(H2,30,35)(H,31,36)(H,32,34)/t19-,25+/m1/s1. The molecule has 0 radical (unpaired) electrons. The molecule has 37 heavy (non-hydrogen) atoms. The van der Waals surface area contributed by atoms with E-state index < -0.39 is 24.0 Å². The number of nitrogens with one attached hydrogen (secondary N) is 2. The summed E-state index contributed by atoms with van der Waals surface area (Å²) in [6, 6.07) is 15.1. The number of nitrogens with two attached hydrogens (primary N) is 1. The number of alkyl carbamates (subject to hydrolysis) is 1. The third kappa shape index (κ3) is 7.41. The van der Waals surface area contributed by atoms with E-state index in [1.54, 1.807) is 0 Å². The Morgan fingerprint density at radius 2 is 1.57 bits per heavy atom. The van der Waals surface area contributed by atoms with Crippen molar-refractivity contribution < 1.29 is 23.9 Å². The van der Waals surface area contributed by atoms with E-state index in [1.807, 2.05) is 57.2 Å². The van der Waals surface area contributed by atoms with Crippen LogP contribution in [0.4, 0.5) is 4.79 Å². The SMILES string of the molecule is CCCC(=O)N[C@@H](CNC(=O)OCC1c2ccccc2-c2ccccc21)C(=O)C[C@@H](CC(C)C)C(N)=O. The monoisotopic (exact) mass is 507 g/mol. The highest BCUT2D eigenvalue weighted by atomic mass is 16.5. The van der Waals surface area contributed by atoms with E-state index in [2.05, 4.69) is 22.8 Å². The van der Waals surface area contributed by atoms with Gasteiger partial charge in [-0.3, -0.25) is 14.4 Å². The average molecular weight is 508 g/mol. The van der Waals surface area contributed by atoms with Crippen LogP contribution in [-0.2, 0) is 19.1 Å². The van der Waals surface area contributed by atoms with E-state index in [-0.39, 0.29) is 49.5 Å². The summed E-state index contributed by atoms with van der Waals surface area (Å²) >= 11 is 0. The summed E-state index contributed by atoms with van der Waals surface area (Å²) < 4.78 is 5.55. The highest BCUT2D eigenvalue weighted by Gasteiger charge is 2.30. The van der Waals surface area contributed by atoms with Crippen molar-refractivity contribution >= 4 is 23.7 Å². The molecule has 0 spiro atoms. The maximum Gasteiger partial charge on any atom is 0.407 e. The number of ether oxygens (including phenoxy) is 1. The first-order valence-electron chi connectivity index (χ1n) is 12.9. The molecule has 0 fully saturated rings. The molecule has 0 heterocycles. The fraction of sp³-hybridized carbons (Fsp3) is 0.448. The van der Waals surface area contributed by atoms with Gasteiger partial charge in [0.05, 0.1) is 0 Å². The molecule has 0 saturated heterocycles. The zero-order chi connectivity index (χ0) is 26.9. The largest absolute Gasteiger partial charge is 0.449 e. The topological polar surface area (TPSA) is 128 Å². The van der Waals surface area contributed by atoms with Crippen LogP contribution in [-0.4, -0.2) is 42.9 Å². The van der Waals surface area contributed by atoms with E-state index >= 15 is 0 Å². The number of fused-ring (bicyclic) bond motifs is 3. The molecule has 3 amide bonds. The summed E-state index contributed by atoms with van der Waals surface area (Å²) in [4.78, 5) is 49.7. The zero-order valence-electron chi connectivity index (χ0n) is 21.8. The van der Waals surface area contributed by atoms with Crippen molar-refractivity contribution in [2.45, 2.75) is 58.4 Å². The van der Waals surface area contributed by atoms with Gasteiger partial charge in [-0.15, -0.1) is 0 Å². The molecule has 8 heteroatoms. The van der Waals surface area contributed by atoms with Gasteiger partial charge in [0.25, 0.3) is 0 Å². The molecule has 1 aliphatic carbocycles. The number of hydrogen-bond acceptors (Lipinski definition) is 5. The Kier molecular flexibility index (Phi) is 9.83. The molecule has 0 bridgehead atoms. The van der Waals surface area contributed by atoms with Crippen LogP contribution < -0.4 is 16.4 Å². The number of carbonyl (C=O) groups excluding carboxylic acids is 4. The fourth-order valence-corrected chi connectivity index (χ4v) is 4.83. The number of rotatable bonds is 13. The first kappa shape index (κ1) is 27.9. The Labute approximate surface area is 218 Å². The van der Waals surface area contributed by atoms with E-state index in [9.17, 15) is 19.2 Å². The predicted octanol–water partition coefficient (Wildman–Crippen LogP) is 3.92. The molecule has 2 aromatic rings. The third-order valence-corrected chi connectivity index (χ3v) is 6.60. The van der Waals surface area contributed by atoms with E-state index in [0.29, 0.717) is 12.8 Å². The molecule has 2 aromatic carbocycles. The Hall–Kier alpha value is -3.68. The van der Waals surface area contributed by atoms with Crippen LogP contribution in [0.2, 0.25) is 0 Å². The van der Waals surface area contributed by atoms with Crippen molar-refractivity contribution in [1.29, 1.82) is 0 Å². The Morgan fingerprint density at radius 1 is 0.973 bits per heavy atom. The van der Waals surface area contributed by atoms with Gasteiger partial charge in [0.2, 0.25) is 11.8 Å². The number of ketones is 1. The van der Waals surface area contributed by atoms with Crippen molar-refractivity contribution in [3.8, 4) is 11.1 Å². The minimum Gasteiger partial charge on any atom is -0.449 e. The van der Waals surface area contributed by atoms with Gasteiger partial charge < -0.3 is 21.1 Å². The lowest BCUT2D eigenvalue weighted by Gasteiger charge is -2.22. The summed E-state index contributed by atoms with van der Waals surface area (Å²) in [6.07, 6.45) is 0.551. The van der Waals surface area contributed by atoms with E-state index in [0.717, 1.165) is 22.3 Å². The lowest BCUT2D eigenvalue weighted by Crippen LogP contribution is -2.49. The fourth-order valence-electron chi connectivity index (χ4n) is 4.83. The highest BCUT2D eigenvalue weighted by Crippen LogP contribution is 2.44. The molecular weight excluding hydrogens is 470 g/mol. The van der Waals surface area contributed by atoms with E-state index in [4.69, 9.17) is 10.5 Å². The zero-order valence-corrected chi connectivity index (χ0v) is 21.8. The van der Waals surface area contributed by atoms with Crippen LogP contribution in [0, 0.1) is 11.8 Å². The number of carbonyl (C=O) groups is 4. The van der Waals surface area contributed by atoms with Gasteiger partial charge in [0.1, 0.15) is 12.6 Å². The van der Waals surface area contributed by atoms with Gasteiger partial charge in [0, 0.05) is 31.2 Å². The van der Waals surface area contributed by atoms with Crippen LogP contribution in [0.1, 0.15) is 63.5 Å². The lowest BCUT2D eigenvalue weighted by molar-refractivity contribution is -0.130. The van der Waals surface area contributed by atoms with Gasteiger partial charge in [0.15, 0.2) is 5.78 Å². The minimum absolute atomic E-state index is 0.0906. The van der Waals surface area contributed by atoms with Gasteiger partial charge >= 0.3 is 6.09 Å². The quantitative estimate of drug-likeness (QED) is 0.379. The van der Waals surface area contributed by atoms with Crippen LogP contribution in [0.3, 0.4) is 0 Å². The first-order valence-corrected chi connectivity index (χ1v) is 12.9. The predicted molar refractivity (Wildman–Crippen MR) is 142 cm³/mol. The van der Waals surface area contributed by atoms with Gasteiger partial charge in [-0.1, -0.05) is 69.3 Å². The minimum atomic E-state index is -0.978. The highest BCUT2D eigenvalue weighted by molar-refractivity contribution is 5.92. The third-order valence-electron chi connectivity index (χ3n) is 6.60.